The van der Waals surface area contributed by atoms with Gasteiger partial charge in [-0.25, -0.2) is 0 Å². The van der Waals surface area contributed by atoms with Gasteiger partial charge in [-0.2, -0.15) is 0 Å². The molecule has 1 aromatic heterocycles. The fourth-order valence-electron chi connectivity index (χ4n) is 2.04. The van der Waals surface area contributed by atoms with E-state index in [4.69, 9.17) is 4.42 Å². The Balaban J connectivity index is 1.91. The number of anilines is 1. The van der Waals surface area contributed by atoms with E-state index in [-0.39, 0.29) is 11.9 Å². The molecule has 2 rings (SSSR count). The summed E-state index contributed by atoms with van der Waals surface area (Å²) in [6.45, 7) is 3.94. The molecular weight excluding hydrogens is 268 g/mol. The van der Waals surface area contributed by atoms with Crippen LogP contribution in [-0.2, 0) is 11.3 Å². The van der Waals surface area contributed by atoms with Crippen LogP contribution in [0, 0.1) is 0 Å². The highest BCUT2D eigenvalue weighted by atomic mass is 16.3. The Morgan fingerprint density at radius 3 is 2.57 bits per heavy atom. The lowest BCUT2D eigenvalue weighted by atomic mass is 10.0. The number of carbonyl (C=O) groups is 1. The quantitative estimate of drug-likeness (QED) is 0.763. The first-order chi connectivity index (χ1) is 10.1. The van der Waals surface area contributed by atoms with Gasteiger partial charge in [0.15, 0.2) is 0 Å². The van der Waals surface area contributed by atoms with Gasteiger partial charge in [0.05, 0.1) is 18.9 Å². The molecule has 0 saturated carbocycles. The lowest BCUT2D eigenvalue weighted by molar-refractivity contribution is -0.114. The predicted molar refractivity (Wildman–Crippen MR) is 80.7 cm³/mol. The van der Waals surface area contributed by atoms with E-state index in [0.717, 1.165) is 17.0 Å². The van der Waals surface area contributed by atoms with Crippen molar-refractivity contribution in [2.75, 3.05) is 5.32 Å². The van der Waals surface area contributed by atoms with Crippen LogP contribution in [0.2, 0.25) is 0 Å². The average Bonchev–Trinajstić information content (AvgIpc) is 2.97. The minimum atomic E-state index is -0.633. The fraction of sp³-hybridized carbons (Fsp3) is 0.312. The number of amides is 1. The smallest absolute Gasteiger partial charge is 0.221 e. The van der Waals surface area contributed by atoms with Gasteiger partial charge < -0.3 is 20.2 Å². The van der Waals surface area contributed by atoms with E-state index in [1.807, 2.05) is 19.1 Å². The van der Waals surface area contributed by atoms with Crippen molar-refractivity contribution in [1.29, 1.82) is 0 Å². The van der Waals surface area contributed by atoms with Crippen molar-refractivity contribution in [1.82, 2.24) is 5.32 Å². The highest BCUT2D eigenvalue weighted by Crippen LogP contribution is 2.19. The molecule has 0 aliphatic carbocycles. The molecule has 0 spiro atoms. The van der Waals surface area contributed by atoms with E-state index < -0.39 is 6.10 Å². The van der Waals surface area contributed by atoms with Crippen LogP contribution in [0.5, 0.6) is 0 Å². The normalized spacial score (nSPS) is 13.7. The number of nitrogens with one attached hydrogen (secondary N) is 2. The molecule has 0 radical (unpaired) electrons. The van der Waals surface area contributed by atoms with E-state index in [1.165, 1.54) is 6.92 Å². The van der Waals surface area contributed by atoms with Gasteiger partial charge in [-0.1, -0.05) is 12.1 Å². The molecule has 2 atom stereocenters. The zero-order valence-corrected chi connectivity index (χ0v) is 12.2. The maximum Gasteiger partial charge on any atom is 0.221 e. The monoisotopic (exact) mass is 288 g/mol. The van der Waals surface area contributed by atoms with Gasteiger partial charge in [0, 0.05) is 18.7 Å². The zero-order valence-electron chi connectivity index (χ0n) is 12.2. The lowest BCUT2D eigenvalue weighted by Gasteiger charge is -2.20. The van der Waals surface area contributed by atoms with Gasteiger partial charge in [0.1, 0.15) is 5.76 Å². The third-order valence-electron chi connectivity index (χ3n) is 3.22. The van der Waals surface area contributed by atoms with E-state index in [2.05, 4.69) is 10.6 Å². The molecular formula is C16H20N2O3. The highest BCUT2D eigenvalue weighted by molar-refractivity contribution is 5.88. The molecule has 3 N–H and O–H groups in total. The lowest BCUT2D eigenvalue weighted by Crippen LogP contribution is -2.31. The molecule has 2 unspecified atom stereocenters. The zero-order chi connectivity index (χ0) is 15.2. The maximum absolute atomic E-state index is 11.0. The molecule has 2 aromatic rings. The summed E-state index contributed by atoms with van der Waals surface area (Å²) in [5, 5.41) is 16.2. The Morgan fingerprint density at radius 1 is 1.29 bits per heavy atom. The molecule has 0 aliphatic heterocycles. The van der Waals surface area contributed by atoms with Crippen molar-refractivity contribution < 1.29 is 14.3 Å². The minimum Gasteiger partial charge on any atom is -0.468 e. The van der Waals surface area contributed by atoms with Gasteiger partial charge in [-0.15, -0.1) is 0 Å². The van der Waals surface area contributed by atoms with Crippen LogP contribution < -0.4 is 10.6 Å². The van der Waals surface area contributed by atoms with Crippen LogP contribution in [0.4, 0.5) is 5.69 Å². The predicted octanol–water partition coefficient (Wildman–Crippen LogP) is 2.45. The standard InChI is InChI=1S/C16H20N2O3/c1-11(17-10-15-4-3-9-21-15)16(20)13-5-7-14(8-6-13)18-12(2)19/h3-9,11,16-17,20H,10H2,1-2H3,(H,18,19). The number of aliphatic hydroxyl groups excluding tert-OH is 1. The molecule has 0 aliphatic rings. The molecule has 5 nitrogen and oxygen atoms in total. The average molecular weight is 288 g/mol. The Labute approximate surface area is 124 Å². The van der Waals surface area contributed by atoms with Crippen molar-refractivity contribution in [3.05, 3.63) is 54.0 Å². The summed E-state index contributed by atoms with van der Waals surface area (Å²) in [5.74, 6) is 0.715. The van der Waals surface area contributed by atoms with Crippen LogP contribution in [0.3, 0.4) is 0 Å². The summed E-state index contributed by atoms with van der Waals surface area (Å²) >= 11 is 0. The fourth-order valence-corrected chi connectivity index (χ4v) is 2.04. The molecule has 5 heteroatoms. The number of carbonyl (C=O) groups excluding carboxylic acids is 1. The highest BCUT2D eigenvalue weighted by Gasteiger charge is 2.16. The van der Waals surface area contributed by atoms with Crippen molar-refractivity contribution in [3.63, 3.8) is 0 Å². The van der Waals surface area contributed by atoms with Crippen molar-refractivity contribution in [2.24, 2.45) is 0 Å². The molecule has 1 amide bonds. The van der Waals surface area contributed by atoms with Crippen LogP contribution in [0.1, 0.15) is 31.3 Å². The number of aliphatic hydroxyl groups is 1. The van der Waals surface area contributed by atoms with E-state index in [1.54, 1.807) is 30.5 Å². The van der Waals surface area contributed by atoms with E-state index in [9.17, 15) is 9.90 Å². The second kappa shape index (κ2) is 7.06. The molecule has 21 heavy (non-hydrogen) atoms. The number of benzene rings is 1. The Bertz CT molecular complexity index is 564. The Morgan fingerprint density at radius 2 is 2.00 bits per heavy atom. The second-order valence-electron chi connectivity index (χ2n) is 5.00. The summed E-state index contributed by atoms with van der Waals surface area (Å²) in [7, 11) is 0. The Hall–Kier alpha value is -2.11. The number of hydrogen-bond acceptors (Lipinski definition) is 4. The SMILES string of the molecule is CC(=O)Nc1ccc(C(O)C(C)NCc2ccco2)cc1. The Kier molecular flexibility index (Phi) is 5.14. The molecule has 0 saturated heterocycles. The van der Waals surface area contributed by atoms with Crippen molar-refractivity contribution >= 4 is 11.6 Å². The summed E-state index contributed by atoms with van der Waals surface area (Å²) in [6, 6.07) is 10.8. The van der Waals surface area contributed by atoms with Gasteiger partial charge >= 0.3 is 0 Å². The molecule has 112 valence electrons. The molecule has 1 heterocycles. The van der Waals surface area contributed by atoms with Gasteiger partial charge in [0.2, 0.25) is 5.91 Å². The number of furan rings is 1. The van der Waals surface area contributed by atoms with Gasteiger partial charge in [-0.3, -0.25) is 4.79 Å². The summed E-state index contributed by atoms with van der Waals surface area (Å²) < 4.78 is 5.24. The largest absolute Gasteiger partial charge is 0.468 e. The topological polar surface area (TPSA) is 74.5 Å². The van der Waals surface area contributed by atoms with E-state index in [0.29, 0.717) is 6.54 Å². The first kappa shape index (κ1) is 15.3. The molecule has 1 aromatic carbocycles. The summed E-state index contributed by atoms with van der Waals surface area (Å²) in [4.78, 5) is 11.0. The first-order valence-electron chi connectivity index (χ1n) is 6.87. The van der Waals surface area contributed by atoms with Crippen LogP contribution >= 0.6 is 0 Å². The van der Waals surface area contributed by atoms with Crippen LogP contribution in [0.15, 0.2) is 47.1 Å². The number of hydrogen-bond donors (Lipinski definition) is 3. The minimum absolute atomic E-state index is 0.114. The summed E-state index contributed by atoms with van der Waals surface area (Å²) in [6.07, 6.45) is 0.991. The third kappa shape index (κ3) is 4.44. The molecule has 0 fully saturated rings. The molecule has 0 bridgehead atoms. The van der Waals surface area contributed by atoms with Crippen molar-refractivity contribution in [3.8, 4) is 0 Å². The van der Waals surface area contributed by atoms with Gasteiger partial charge in [-0.05, 0) is 36.8 Å². The van der Waals surface area contributed by atoms with Gasteiger partial charge in [0.25, 0.3) is 0 Å². The van der Waals surface area contributed by atoms with Crippen LogP contribution in [-0.4, -0.2) is 17.1 Å². The van der Waals surface area contributed by atoms with Crippen LogP contribution in [0.25, 0.3) is 0 Å². The number of rotatable bonds is 6. The second-order valence-corrected chi connectivity index (χ2v) is 5.00. The summed E-state index contributed by atoms with van der Waals surface area (Å²) in [5.41, 5.74) is 1.51. The first-order valence-corrected chi connectivity index (χ1v) is 6.87. The van der Waals surface area contributed by atoms with E-state index >= 15 is 0 Å². The maximum atomic E-state index is 11.0. The third-order valence-corrected chi connectivity index (χ3v) is 3.22. The van der Waals surface area contributed by atoms with Crippen molar-refractivity contribution in [2.45, 2.75) is 32.5 Å².